The molecule has 0 aromatic heterocycles. The van der Waals surface area contributed by atoms with Gasteiger partial charge < -0.3 is 14.2 Å². The Labute approximate surface area is 365 Å². The Bertz CT molecular complexity index is 1040. The van der Waals surface area contributed by atoms with Crippen LogP contribution in [0.25, 0.3) is 0 Å². The summed E-state index contributed by atoms with van der Waals surface area (Å²) in [5, 5.41) is 0. The molecule has 0 aliphatic carbocycles. The molecule has 0 radical (unpaired) electrons. The Morgan fingerprint density at radius 1 is 0.339 bits per heavy atom. The number of ether oxygens (including phenoxy) is 3. The fraction of sp³-hybridized carbons (Fsp3) is 0.792. The molecule has 0 fully saturated rings. The zero-order valence-electron chi connectivity index (χ0n) is 39.0. The molecule has 0 rings (SSSR count). The van der Waals surface area contributed by atoms with Gasteiger partial charge in [-0.05, 0) is 70.6 Å². The first-order valence-corrected chi connectivity index (χ1v) is 25.2. The van der Waals surface area contributed by atoms with Gasteiger partial charge in [-0.3, -0.25) is 14.4 Å². The van der Waals surface area contributed by atoms with E-state index in [1.165, 1.54) is 122 Å². The van der Waals surface area contributed by atoms with Gasteiger partial charge in [0.1, 0.15) is 13.2 Å². The SMILES string of the molecule is CCCCCCC\C=C/C=C\C=C/CCCCCCCC(=O)OCC(COC(=O)CCCCCCCCCCCC)OC(=O)CCCCC/C=C\CCCCCCCC. The highest BCUT2D eigenvalue weighted by Gasteiger charge is 2.19. The average Bonchev–Trinajstić information content (AvgIpc) is 3.23. The maximum atomic E-state index is 12.7. The van der Waals surface area contributed by atoms with Crippen molar-refractivity contribution in [2.24, 2.45) is 0 Å². The van der Waals surface area contributed by atoms with Crippen molar-refractivity contribution in [2.75, 3.05) is 13.2 Å². The number of carbonyl (C=O) groups is 3. The van der Waals surface area contributed by atoms with Gasteiger partial charge in [-0.15, -0.1) is 0 Å². The Balaban J connectivity index is 4.39. The van der Waals surface area contributed by atoms with Crippen LogP contribution in [0, 0.1) is 0 Å². The van der Waals surface area contributed by atoms with Crippen LogP contribution in [0.5, 0.6) is 0 Å². The zero-order valence-corrected chi connectivity index (χ0v) is 39.0. The molecule has 59 heavy (non-hydrogen) atoms. The van der Waals surface area contributed by atoms with Crippen molar-refractivity contribution in [1.82, 2.24) is 0 Å². The van der Waals surface area contributed by atoms with Gasteiger partial charge in [0.2, 0.25) is 0 Å². The van der Waals surface area contributed by atoms with Crippen molar-refractivity contribution >= 4 is 17.9 Å². The van der Waals surface area contributed by atoms with Gasteiger partial charge >= 0.3 is 17.9 Å². The van der Waals surface area contributed by atoms with E-state index in [1.54, 1.807) is 0 Å². The minimum absolute atomic E-state index is 0.0842. The standard InChI is InChI=1S/C53H94O6/c1-4-7-10-13-16-19-22-24-25-26-27-28-30-31-34-37-40-43-46-52(55)58-49-50(48-57-51(54)45-42-39-36-33-21-18-15-12-9-6-3)59-53(56)47-44-41-38-35-32-29-23-20-17-14-11-8-5-2/h22,24-29,32,50H,4-21,23,30-31,33-49H2,1-3H3/b24-22-,26-25-,28-27-,32-29-. The molecule has 1 atom stereocenters. The molecule has 342 valence electrons. The summed E-state index contributed by atoms with van der Waals surface area (Å²) >= 11 is 0. The van der Waals surface area contributed by atoms with Crippen molar-refractivity contribution < 1.29 is 28.6 Å². The molecule has 0 aliphatic heterocycles. The Kier molecular flexibility index (Phi) is 45.9. The zero-order chi connectivity index (χ0) is 43.0. The molecule has 0 aromatic rings. The highest BCUT2D eigenvalue weighted by atomic mass is 16.6. The largest absolute Gasteiger partial charge is 0.462 e. The van der Waals surface area contributed by atoms with Crippen molar-refractivity contribution in [3.63, 3.8) is 0 Å². The molecule has 0 heterocycles. The van der Waals surface area contributed by atoms with Gasteiger partial charge in [-0.2, -0.15) is 0 Å². The second kappa shape index (κ2) is 48.0. The van der Waals surface area contributed by atoms with Gasteiger partial charge in [0.05, 0.1) is 0 Å². The van der Waals surface area contributed by atoms with E-state index in [0.29, 0.717) is 19.3 Å². The predicted octanol–water partition coefficient (Wildman–Crippen LogP) is 16.3. The fourth-order valence-electron chi connectivity index (χ4n) is 7.03. The summed E-state index contributed by atoms with van der Waals surface area (Å²) in [6.07, 6.45) is 56.6. The van der Waals surface area contributed by atoms with Gasteiger partial charge in [0.25, 0.3) is 0 Å². The van der Waals surface area contributed by atoms with Gasteiger partial charge in [0, 0.05) is 19.3 Å². The van der Waals surface area contributed by atoms with Crippen molar-refractivity contribution in [1.29, 1.82) is 0 Å². The quantitative estimate of drug-likeness (QED) is 0.0200. The van der Waals surface area contributed by atoms with E-state index in [1.807, 2.05) is 0 Å². The Morgan fingerprint density at radius 2 is 0.627 bits per heavy atom. The van der Waals surface area contributed by atoms with Gasteiger partial charge in [-0.25, -0.2) is 0 Å². The summed E-state index contributed by atoms with van der Waals surface area (Å²) in [6.45, 7) is 6.57. The smallest absolute Gasteiger partial charge is 0.306 e. The molecular formula is C53H94O6. The molecule has 0 saturated carbocycles. The molecule has 0 amide bonds. The lowest BCUT2D eigenvalue weighted by molar-refractivity contribution is -0.167. The van der Waals surface area contributed by atoms with Crippen LogP contribution in [0.4, 0.5) is 0 Å². The first-order chi connectivity index (χ1) is 29.0. The lowest BCUT2D eigenvalue weighted by Crippen LogP contribution is -2.30. The summed E-state index contributed by atoms with van der Waals surface area (Å²) in [7, 11) is 0. The highest BCUT2D eigenvalue weighted by Crippen LogP contribution is 2.14. The molecule has 6 heteroatoms. The van der Waals surface area contributed by atoms with Crippen molar-refractivity contribution in [2.45, 2.75) is 258 Å². The maximum absolute atomic E-state index is 12.7. The lowest BCUT2D eigenvalue weighted by atomic mass is 10.1. The second-order valence-electron chi connectivity index (χ2n) is 16.8. The predicted molar refractivity (Wildman–Crippen MR) is 252 cm³/mol. The summed E-state index contributed by atoms with van der Waals surface area (Å²) in [6, 6.07) is 0. The first kappa shape index (κ1) is 56.4. The number of unbranched alkanes of at least 4 members (excludes halogenated alkanes) is 28. The molecule has 0 aromatic carbocycles. The third-order valence-corrected chi connectivity index (χ3v) is 10.9. The van der Waals surface area contributed by atoms with E-state index in [4.69, 9.17) is 14.2 Å². The maximum Gasteiger partial charge on any atom is 0.306 e. The molecule has 0 N–H and O–H groups in total. The van der Waals surface area contributed by atoms with Crippen LogP contribution in [-0.4, -0.2) is 37.2 Å². The van der Waals surface area contributed by atoms with E-state index < -0.39 is 6.10 Å². The fourth-order valence-corrected chi connectivity index (χ4v) is 7.03. The topological polar surface area (TPSA) is 78.9 Å². The number of allylic oxidation sites excluding steroid dienone is 8. The Morgan fingerprint density at radius 3 is 1.00 bits per heavy atom. The molecule has 0 spiro atoms. The number of carbonyl (C=O) groups excluding carboxylic acids is 3. The molecule has 0 saturated heterocycles. The van der Waals surface area contributed by atoms with Gasteiger partial charge in [-0.1, -0.05) is 211 Å². The summed E-state index contributed by atoms with van der Waals surface area (Å²) in [5.74, 6) is -0.918. The lowest BCUT2D eigenvalue weighted by Gasteiger charge is -2.18. The monoisotopic (exact) mass is 827 g/mol. The van der Waals surface area contributed by atoms with E-state index in [2.05, 4.69) is 69.4 Å². The van der Waals surface area contributed by atoms with E-state index in [9.17, 15) is 14.4 Å². The van der Waals surface area contributed by atoms with Crippen LogP contribution >= 0.6 is 0 Å². The van der Waals surface area contributed by atoms with Crippen LogP contribution in [0.2, 0.25) is 0 Å². The number of esters is 3. The number of hydrogen-bond donors (Lipinski definition) is 0. The molecule has 6 nitrogen and oxygen atoms in total. The van der Waals surface area contributed by atoms with Crippen molar-refractivity contribution in [3.8, 4) is 0 Å². The first-order valence-electron chi connectivity index (χ1n) is 25.2. The third-order valence-electron chi connectivity index (χ3n) is 10.9. The Hall–Kier alpha value is -2.63. The second-order valence-corrected chi connectivity index (χ2v) is 16.8. The van der Waals surface area contributed by atoms with Crippen LogP contribution in [-0.2, 0) is 28.6 Å². The number of rotatable bonds is 45. The van der Waals surface area contributed by atoms with Crippen molar-refractivity contribution in [3.05, 3.63) is 48.6 Å². The molecular weight excluding hydrogens is 733 g/mol. The highest BCUT2D eigenvalue weighted by molar-refractivity contribution is 5.71. The van der Waals surface area contributed by atoms with Crippen LogP contribution < -0.4 is 0 Å². The third kappa shape index (κ3) is 46.3. The van der Waals surface area contributed by atoms with Crippen LogP contribution in [0.3, 0.4) is 0 Å². The summed E-state index contributed by atoms with van der Waals surface area (Å²) in [5.41, 5.74) is 0. The van der Waals surface area contributed by atoms with E-state index >= 15 is 0 Å². The molecule has 0 aliphatic rings. The normalized spacial score (nSPS) is 12.4. The minimum Gasteiger partial charge on any atom is -0.462 e. The summed E-state index contributed by atoms with van der Waals surface area (Å²) < 4.78 is 16.7. The van der Waals surface area contributed by atoms with Crippen LogP contribution in [0.15, 0.2) is 48.6 Å². The average molecular weight is 827 g/mol. The number of hydrogen-bond acceptors (Lipinski definition) is 6. The molecule has 1 unspecified atom stereocenters. The van der Waals surface area contributed by atoms with E-state index in [-0.39, 0.29) is 31.1 Å². The minimum atomic E-state index is -0.785. The van der Waals surface area contributed by atoms with E-state index in [0.717, 1.165) is 89.9 Å². The summed E-state index contributed by atoms with van der Waals surface area (Å²) in [4.78, 5) is 37.8. The van der Waals surface area contributed by atoms with Gasteiger partial charge in [0.15, 0.2) is 6.10 Å². The van der Waals surface area contributed by atoms with Crippen LogP contribution in [0.1, 0.15) is 252 Å². The molecule has 0 bridgehead atoms.